The second-order valence-electron chi connectivity index (χ2n) is 33.8. The molecule has 145 heavy (non-hydrogen) atoms. The lowest BCUT2D eigenvalue weighted by Crippen LogP contribution is -2.22. The van der Waals surface area contributed by atoms with Gasteiger partial charge in [-0.25, -0.2) is 72.1 Å². The van der Waals surface area contributed by atoms with Crippen molar-refractivity contribution in [2.45, 2.75) is 87.0 Å². The monoisotopic (exact) mass is 2100 g/mol. The summed E-state index contributed by atoms with van der Waals surface area (Å²) in [6, 6.07) is 73.5. The number of nitrogens with two attached hydrogens (primary N) is 6. The minimum atomic E-state index is -4.37. The number of para-hydroxylation sites is 3. The number of benzene rings is 9. The molecule has 45 heteroatoms. The highest BCUT2D eigenvalue weighted by atomic mass is 35.5. The first-order chi connectivity index (χ1) is 68.7. The highest BCUT2D eigenvalue weighted by Gasteiger charge is 2.32. The molecule has 0 atom stereocenters. The van der Waals surface area contributed by atoms with E-state index in [1.165, 1.54) is 24.0 Å². The topological polar surface area (TPSA) is 488 Å². The SMILES string of the molecule is CC(C)(C)Cc1cc(-c2cccc(Cl)c2)nc(N)n1.CNc1cc(-c2cn(S(=O)(=O)c3ccc(C)cc3)c3ccccc23)nc(N)n1.CNc1cc(-c2cn(S(=O)(=O)c3ccccc3)c3ccccc23)nc(N)n1.Cc1ccc(S(=O)(=O)n2cc(-c3cc(NC4CC4)nc(N)n3)c3ccccc32)cc1.Nc1nc(NCC(F)(F)F)cc(-c2cccc(Cl)c2)n1.Nc1nc(NCC(F)(F)F)cc(-c2cccc(Cl)c2Cl)n1. The first-order valence-electron chi connectivity index (χ1n) is 44.1. The van der Waals surface area contributed by atoms with Crippen molar-refractivity contribution in [1.29, 1.82) is 0 Å². The van der Waals surface area contributed by atoms with Gasteiger partial charge in [0.15, 0.2) is 0 Å². The van der Waals surface area contributed by atoms with Gasteiger partial charge in [0.1, 0.15) is 42.2 Å². The van der Waals surface area contributed by atoms with Crippen LogP contribution in [-0.4, -0.2) is 143 Å². The summed E-state index contributed by atoms with van der Waals surface area (Å²) in [4.78, 5) is 50.0. The molecule has 1 aliphatic rings. The standard InChI is InChI=1S/C22H21N5O2S.C20H19N5O2S.C19H17N5O2S.C15H18ClN3.C12H9Cl2F3N4.C12H10ClF3N4/c1-14-6-10-16(11-7-14)30(28,29)27-13-18(17-4-2-3-5-20(17)27)19-12-21(24-15-8-9-15)26-22(23)25-19;1-13-7-9-14(10-8-13)28(26,27)25-12-16(15-5-3-4-6-18(15)25)17-11-19(22-2)24-20(21)23-17;1-21-18-11-16(22-19(20)23-18)15-12-24(17-10-6-5-9-14(15)17)27(25,26)13-7-3-2-4-8-13;1-15(2,3)9-12-8-13(19-14(17)18-12)10-5-4-6-11(16)7-10;13-7-3-1-2-6(10(7)14)8-4-9(21-11(18)20-8)19-5-12(15,16)17;13-8-3-1-2-7(4-8)9-5-10(20-11(17)19-9)18-6-12(14,15)16/h2-7,10-13,15H,8-9H2,1H3,(H3,23,24,25,26);3-12H,1-2H3,(H3,21,22,23,24);2-12H,1H3,(H3,20,21,22,23);4-8H,9H2,1-3H3,(H2,17,18,19);1-4H,5H2,(H3,18,19,20,21);1-5H,6H2,(H3,17,18,19,20). The zero-order chi connectivity index (χ0) is 104. The molecule has 9 aromatic carbocycles. The van der Waals surface area contributed by atoms with E-state index in [9.17, 15) is 51.6 Å². The number of hydrogen-bond acceptors (Lipinski definition) is 29. The number of alkyl halides is 6. The van der Waals surface area contributed by atoms with Crippen molar-refractivity contribution in [2.24, 2.45) is 5.41 Å². The summed E-state index contributed by atoms with van der Waals surface area (Å²) < 4.78 is 157. The van der Waals surface area contributed by atoms with Crippen LogP contribution in [0.4, 0.5) is 91.1 Å². The molecule has 0 saturated heterocycles. The van der Waals surface area contributed by atoms with Crippen LogP contribution in [0, 0.1) is 19.3 Å². The smallest absolute Gasteiger partial charge is 0.373 e. The van der Waals surface area contributed by atoms with E-state index in [0.717, 1.165) is 63.5 Å². The van der Waals surface area contributed by atoms with E-state index in [2.05, 4.69) is 107 Å². The molecule has 32 nitrogen and oxygen atoms in total. The molecule has 1 saturated carbocycles. The highest BCUT2D eigenvalue weighted by Crippen LogP contribution is 2.41. The zero-order valence-electron chi connectivity index (χ0n) is 78.2. The Balaban J connectivity index is 0.000000139. The molecule has 0 unspecified atom stereocenters. The highest BCUT2D eigenvalue weighted by molar-refractivity contribution is 7.90. The van der Waals surface area contributed by atoms with Crippen LogP contribution < -0.4 is 61.0 Å². The molecule has 0 amide bonds. The molecule has 9 aromatic heterocycles. The molecule has 1 aliphatic carbocycles. The largest absolute Gasteiger partial charge is 0.405 e. The molecule has 0 bridgehead atoms. The third kappa shape index (κ3) is 27.1. The minimum Gasteiger partial charge on any atom is -0.373 e. The number of nitrogen functional groups attached to an aromatic ring is 6. The van der Waals surface area contributed by atoms with Crippen molar-refractivity contribution in [3.63, 3.8) is 0 Å². The first kappa shape index (κ1) is 105. The van der Waals surface area contributed by atoms with Crippen molar-refractivity contribution in [2.75, 3.05) is 88.2 Å². The fourth-order valence-corrected chi connectivity index (χ4v) is 19.6. The number of hydrogen-bond donors (Lipinski definition) is 11. The summed E-state index contributed by atoms with van der Waals surface area (Å²) in [5.74, 6) is 2.10. The van der Waals surface area contributed by atoms with Crippen LogP contribution in [0.25, 0.3) is 100 Å². The van der Waals surface area contributed by atoms with Crippen LogP contribution in [0.1, 0.15) is 50.4 Å². The number of aromatic nitrogens is 15. The van der Waals surface area contributed by atoms with E-state index in [-0.39, 0.29) is 72.2 Å². The van der Waals surface area contributed by atoms with Gasteiger partial charge in [-0.2, -0.15) is 51.3 Å². The van der Waals surface area contributed by atoms with Crippen LogP contribution in [0.2, 0.25) is 20.1 Å². The Bertz CT molecular complexity index is 8140. The van der Waals surface area contributed by atoms with Gasteiger partial charge in [-0.1, -0.05) is 212 Å². The maximum absolute atomic E-state index is 13.4. The van der Waals surface area contributed by atoms with Gasteiger partial charge in [-0.15, -0.1) is 0 Å². The van der Waals surface area contributed by atoms with Gasteiger partial charge >= 0.3 is 12.4 Å². The third-order valence-corrected chi connectivity index (χ3v) is 27.7. The Morgan fingerprint density at radius 1 is 0.352 bits per heavy atom. The number of anilines is 11. The fraction of sp³-hybridized carbons (Fsp3) is 0.160. The predicted molar refractivity (Wildman–Crippen MR) is 562 cm³/mol. The Hall–Kier alpha value is -15.5. The third-order valence-electron chi connectivity index (χ3n) is 21.4. The van der Waals surface area contributed by atoms with Gasteiger partial charge in [0.2, 0.25) is 35.7 Å². The quantitative estimate of drug-likeness (QED) is 0.0298. The molecular formula is C100H94Cl4F6N26O6S3. The van der Waals surface area contributed by atoms with Crippen LogP contribution in [0.15, 0.2) is 288 Å². The number of aryl methyl sites for hydroxylation is 2. The molecule has 0 aliphatic heterocycles. The second kappa shape index (κ2) is 44.5. The summed E-state index contributed by atoms with van der Waals surface area (Å²) in [5, 5.41) is 17.5. The van der Waals surface area contributed by atoms with Crippen LogP contribution in [-0.2, 0) is 36.5 Å². The number of halogens is 10. The lowest BCUT2D eigenvalue weighted by atomic mass is 9.90. The zero-order valence-corrected chi connectivity index (χ0v) is 83.7. The van der Waals surface area contributed by atoms with E-state index in [1.54, 1.807) is 196 Å². The van der Waals surface area contributed by atoms with Crippen LogP contribution in [0.5, 0.6) is 0 Å². The van der Waals surface area contributed by atoms with Gasteiger partial charge in [0, 0.05) is 134 Å². The van der Waals surface area contributed by atoms with Crippen molar-refractivity contribution < 1.29 is 51.6 Å². The molecular weight excluding hydrogens is 2010 g/mol. The van der Waals surface area contributed by atoms with Crippen molar-refractivity contribution >= 4 is 174 Å². The minimum absolute atomic E-state index is 0.00444. The Morgan fingerprint density at radius 3 is 1.06 bits per heavy atom. The van der Waals surface area contributed by atoms with Crippen LogP contribution >= 0.6 is 46.4 Å². The normalized spacial score (nSPS) is 12.1. The van der Waals surface area contributed by atoms with Crippen molar-refractivity contribution in [3.8, 4) is 67.5 Å². The van der Waals surface area contributed by atoms with E-state index in [1.807, 2.05) is 92.7 Å². The van der Waals surface area contributed by atoms with E-state index in [4.69, 9.17) is 80.8 Å². The summed E-state index contributed by atoms with van der Waals surface area (Å²) in [5.41, 5.74) is 46.4. The average Bonchev–Trinajstić information content (AvgIpc) is 1.61. The van der Waals surface area contributed by atoms with Crippen LogP contribution in [0.3, 0.4) is 0 Å². The van der Waals surface area contributed by atoms with Gasteiger partial charge in [-0.05, 0) is 130 Å². The number of fused-ring (bicyclic) bond motifs is 3. The Labute approximate surface area is 849 Å². The molecule has 17 N–H and O–H groups in total. The molecule has 9 heterocycles. The molecule has 18 aromatic rings. The van der Waals surface area contributed by atoms with Gasteiger partial charge in [-0.3, -0.25) is 0 Å². The van der Waals surface area contributed by atoms with Gasteiger partial charge in [0.05, 0.1) is 75.4 Å². The fourth-order valence-electron chi connectivity index (χ4n) is 14.7. The number of nitrogens with zero attached hydrogens (tertiary/aromatic N) is 15. The summed E-state index contributed by atoms with van der Waals surface area (Å²) in [7, 11) is -7.83. The maximum Gasteiger partial charge on any atom is 0.405 e. The molecule has 0 spiro atoms. The van der Waals surface area contributed by atoms with Crippen molar-refractivity contribution in [3.05, 3.63) is 310 Å². The predicted octanol–water partition coefficient (Wildman–Crippen LogP) is 21.4. The molecule has 0 radical (unpaired) electrons. The first-order valence-corrected chi connectivity index (χ1v) is 49.9. The second-order valence-corrected chi connectivity index (χ2v) is 40.9. The lowest BCUT2D eigenvalue weighted by Gasteiger charge is -2.17. The lowest BCUT2D eigenvalue weighted by molar-refractivity contribution is -0.116. The number of nitrogens with one attached hydrogen (secondary N) is 5. The van der Waals surface area contributed by atoms with Gasteiger partial charge < -0.3 is 61.0 Å². The molecule has 19 rings (SSSR count). The number of rotatable bonds is 21. The Kier molecular flexibility index (Phi) is 32.3. The van der Waals surface area contributed by atoms with Gasteiger partial charge in [0.25, 0.3) is 30.1 Å². The Morgan fingerprint density at radius 2 is 0.676 bits per heavy atom. The maximum atomic E-state index is 13.4. The summed E-state index contributed by atoms with van der Waals surface area (Å²) in [6.07, 6.45) is -0.866. The summed E-state index contributed by atoms with van der Waals surface area (Å²) in [6.45, 7) is 7.93. The van der Waals surface area contributed by atoms with E-state index >= 15 is 0 Å². The average molecular weight is 2110 g/mol. The molecule has 748 valence electrons. The van der Waals surface area contributed by atoms with E-state index < -0.39 is 55.5 Å². The summed E-state index contributed by atoms with van der Waals surface area (Å²) >= 11 is 23.8. The van der Waals surface area contributed by atoms with E-state index in [0.29, 0.717) is 112 Å². The molecule has 1 fully saturated rings. The van der Waals surface area contributed by atoms with Crippen molar-refractivity contribution in [1.82, 2.24) is 71.7 Å².